The van der Waals surface area contributed by atoms with Gasteiger partial charge in [-0.25, -0.2) is 0 Å². The van der Waals surface area contributed by atoms with Gasteiger partial charge in [0.2, 0.25) is 0 Å². The number of ether oxygens (including phenoxy) is 1. The topological polar surface area (TPSA) is 66.8 Å². The molecule has 4 heteroatoms. The number of aliphatic hydroxyl groups is 1. The van der Waals surface area contributed by atoms with Gasteiger partial charge in [-0.05, 0) is 41.9 Å². The largest absolute Gasteiger partial charge is 0.507 e. The van der Waals surface area contributed by atoms with Crippen molar-refractivity contribution in [3.05, 3.63) is 28.8 Å². The number of carbonyl (C=O) groups is 1. The zero-order valence-corrected chi connectivity index (χ0v) is 14.3. The molecule has 124 valence electrons. The van der Waals surface area contributed by atoms with Gasteiger partial charge in [0.15, 0.2) is 0 Å². The highest BCUT2D eigenvalue weighted by Gasteiger charge is 2.20. The van der Waals surface area contributed by atoms with Crippen molar-refractivity contribution in [2.75, 3.05) is 6.61 Å². The molecule has 1 rings (SSSR count). The van der Waals surface area contributed by atoms with E-state index in [0.717, 1.165) is 16.7 Å². The van der Waals surface area contributed by atoms with Crippen LogP contribution in [0.1, 0.15) is 57.2 Å². The van der Waals surface area contributed by atoms with Crippen LogP contribution in [0.15, 0.2) is 12.1 Å². The average molecular weight is 308 g/mol. The molecule has 0 heterocycles. The van der Waals surface area contributed by atoms with Crippen molar-refractivity contribution in [3.63, 3.8) is 0 Å². The van der Waals surface area contributed by atoms with Gasteiger partial charge in [-0.15, -0.1) is 0 Å². The molecule has 0 aliphatic heterocycles. The molecule has 1 unspecified atom stereocenters. The summed E-state index contributed by atoms with van der Waals surface area (Å²) < 4.78 is 5.03. The Morgan fingerprint density at radius 1 is 1.32 bits per heavy atom. The van der Waals surface area contributed by atoms with E-state index in [9.17, 15) is 15.0 Å². The minimum absolute atomic E-state index is 0.0528. The Morgan fingerprint density at radius 3 is 2.50 bits per heavy atom. The van der Waals surface area contributed by atoms with Gasteiger partial charge in [-0.2, -0.15) is 0 Å². The zero-order valence-electron chi connectivity index (χ0n) is 14.3. The molecular formula is C18H28O4. The van der Waals surface area contributed by atoms with E-state index in [1.807, 2.05) is 46.8 Å². The molecule has 0 aromatic heterocycles. The highest BCUT2D eigenvalue weighted by molar-refractivity contribution is 5.69. The minimum atomic E-state index is -0.590. The number of rotatable bonds is 6. The standard InChI is InChI=1S/C18H28O4/c1-6-14(19)11-22-16(20)8-7-13-9-12(2)17(21)15(10-13)18(3,4)5/h9-10,14,19,21H,6-8,11H2,1-5H3. The van der Waals surface area contributed by atoms with Crippen LogP contribution in [0.2, 0.25) is 0 Å². The molecule has 1 aromatic rings. The fourth-order valence-electron chi connectivity index (χ4n) is 2.20. The van der Waals surface area contributed by atoms with Gasteiger partial charge in [0.1, 0.15) is 12.4 Å². The molecule has 2 N–H and O–H groups in total. The second-order valence-electron chi connectivity index (χ2n) is 6.80. The Balaban J connectivity index is 2.71. The summed E-state index contributed by atoms with van der Waals surface area (Å²) in [6.07, 6.45) is 0.807. The molecule has 1 aromatic carbocycles. The van der Waals surface area contributed by atoms with Crippen LogP contribution in [0.5, 0.6) is 5.75 Å². The normalized spacial score (nSPS) is 13.0. The van der Waals surface area contributed by atoms with Crippen molar-refractivity contribution < 1.29 is 19.7 Å². The van der Waals surface area contributed by atoms with Crippen LogP contribution in [0, 0.1) is 6.92 Å². The van der Waals surface area contributed by atoms with E-state index in [-0.39, 0.29) is 24.4 Å². The van der Waals surface area contributed by atoms with E-state index >= 15 is 0 Å². The van der Waals surface area contributed by atoms with E-state index in [0.29, 0.717) is 18.6 Å². The quantitative estimate of drug-likeness (QED) is 0.792. The molecule has 0 spiro atoms. The van der Waals surface area contributed by atoms with Crippen LogP contribution in [0.3, 0.4) is 0 Å². The number of aryl methyl sites for hydroxylation is 2. The number of aliphatic hydroxyl groups excluding tert-OH is 1. The average Bonchev–Trinajstić information content (AvgIpc) is 2.44. The maximum Gasteiger partial charge on any atom is 0.306 e. The van der Waals surface area contributed by atoms with Crippen LogP contribution in [-0.4, -0.2) is 28.9 Å². The summed E-state index contributed by atoms with van der Waals surface area (Å²) in [5.74, 6) is 0.0143. The molecule has 0 bridgehead atoms. The molecule has 1 atom stereocenters. The van der Waals surface area contributed by atoms with Crippen molar-refractivity contribution in [1.82, 2.24) is 0 Å². The van der Waals surface area contributed by atoms with Crippen molar-refractivity contribution in [3.8, 4) is 5.75 Å². The summed E-state index contributed by atoms with van der Waals surface area (Å²) in [7, 11) is 0. The SMILES string of the molecule is CCC(O)COC(=O)CCc1cc(C)c(O)c(C(C)(C)C)c1. The summed E-state index contributed by atoms with van der Waals surface area (Å²) in [6, 6.07) is 3.86. The number of hydrogen-bond acceptors (Lipinski definition) is 4. The Labute approximate surface area is 133 Å². The maximum atomic E-state index is 11.7. The number of aromatic hydroxyl groups is 1. The van der Waals surface area contributed by atoms with Crippen molar-refractivity contribution >= 4 is 5.97 Å². The summed E-state index contributed by atoms with van der Waals surface area (Å²) in [5.41, 5.74) is 2.55. The van der Waals surface area contributed by atoms with E-state index in [1.54, 1.807) is 0 Å². The molecular weight excluding hydrogens is 280 g/mol. The number of esters is 1. The first-order valence-corrected chi connectivity index (χ1v) is 7.81. The second-order valence-corrected chi connectivity index (χ2v) is 6.80. The van der Waals surface area contributed by atoms with Crippen molar-refractivity contribution in [2.45, 2.75) is 65.4 Å². The first kappa shape index (κ1) is 18.5. The smallest absolute Gasteiger partial charge is 0.306 e. The van der Waals surface area contributed by atoms with Gasteiger partial charge >= 0.3 is 5.97 Å². The van der Waals surface area contributed by atoms with Crippen LogP contribution in [-0.2, 0) is 21.4 Å². The molecule has 0 saturated carbocycles. The molecule has 0 aliphatic rings. The first-order chi connectivity index (χ1) is 10.1. The monoisotopic (exact) mass is 308 g/mol. The second kappa shape index (κ2) is 7.63. The third kappa shape index (κ3) is 5.34. The first-order valence-electron chi connectivity index (χ1n) is 7.81. The molecule has 0 amide bonds. The van der Waals surface area contributed by atoms with E-state index in [1.165, 1.54) is 0 Å². The summed E-state index contributed by atoms with van der Waals surface area (Å²) in [6.45, 7) is 9.90. The predicted octanol–water partition coefficient (Wildman–Crippen LogP) is 3.24. The lowest BCUT2D eigenvalue weighted by molar-refractivity contribution is -0.146. The maximum absolute atomic E-state index is 11.7. The van der Waals surface area contributed by atoms with Crippen LogP contribution >= 0.6 is 0 Å². The Kier molecular flexibility index (Phi) is 6.42. The van der Waals surface area contributed by atoms with Crippen molar-refractivity contribution in [1.29, 1.82) is 0 Å². The lowest BCUT2D eigenvalue weighted by atomic mass is 9.83. The highest BCUT2D eigenvalue weighted by atomic mass is 16.5. The van der Waals surface area contributed by atoms with Gasteiger partial charge < -0.3 is 14.9 Å². The number of hydrogen-bond donors (Lipinski definition) is 2. The molecule has 4 nitrogen and oxygen atoms in total. The van der Waals surface area contributed by atoms with Gasteiger partial charge in [0.25, 0.3) is 0 Å². The summed E-state index contributed by atoms with van der Waals surface area (Å²) in [5, 5.41) is 19.6. The molecule has 0 aliphatic carbocycles. The lowest BCUT2D eigenvalue weighted by Gasteiger charge is -2.22. The Hall–Kier alpha value is -1.55. The predicted molar refractivity (Wildman–Crippen MR) is 87.1 cm³/mol. The molecule has 0 saturated heterocycles. The third-order valence-corrected chi connectivity index (χ3v) is 3.69. The number of benzene rings is 1. The lowest BCUT2D eigenvalue weighted by Crippen LogP contribution is -2.18. The summed E-state index contributed by atoms with van der Waals surface area (Å²) in [4.78, 5) is 11.7. The van der Waals surface area contributed by atoms with Gasteiger partial charge in [0, 0.05) is 6.42 Å². The van der Waals surface area contributed by atoms with E-state index in [2.05, 4.69) is 0 Å². The number of phenols is 1. The number of carbonyl (C=O) groups excluding carboxylic acids is 1. The third-order valence-electron chi connectivity index (χ3n) is 3.69. The van der Waals surface area contributed by atoms with Gasteiger partial charge in [-0.1, -0.05) is 39.8 Å². The van der Waals surface area contributed by atoms with Gasteiger partial charge in [0.05, 0.1) is 6.10 Å². The van der Waals surface area contributed by atoms with E-state index < -0.39 is 6.10 Å². The van der Waals surface area contributed by atoms with Crippen LogP contribution < -0.4 is 0 Å². The molecule has 22 heavy (non-hydrogen) atoms. The van der Waals surface area contributed by atoms with Crippen LogP contribution in [0.4, 0.5) is 0 Å². The summed E-state index contributed by atoms with van der Waals surface area (Å²) >= 11 is 0. The van der Waals surface area contributed by atoms with Crippen LogP contribution in [0.25, 0.3) is 0 Å². The zero-order chi connectivity index (χ0) is 16.9. The molecule has 0 radical (unpaired) electrons. The van der Waals surface area contributed by atoms with Crippen molar-refractivity contribution in [2.24, 2.45) is 0 Å². The van der Waals surface area contributed by atoms with E-state index in [4.69, 9.17) is 4.74 Å². The Morgan fingerprint density at radius 2 is 1.95 bits per heavy atom. The Bertz CT molecular complexity index is 515. The highest BCUT2D eigenvalue weighted by Crippen LogP contribution is 2.34. The fraction of sp³-hybridized carbons (Fsp3) is 0.611. The van der Waals surface area contributed by atoms with Gasteiger partial charge in [-0.3, -0.25) is 4.79 Å². The molecule has 0 fully saturated rings. The minimum Gasteiger partial charge on any atom is -0.507 e. The number of phenolic OH excluding ortho intramolecular Hbond substituents is 1. The fourth-order valence-corrected chi connectivity index (χ4v) is 2.20.